The number of amides is 1. The Bertz CT molecular complexity index is 864. The average molecular weight is 381 g/mol. The molecule has 0 aliphatic heterocycles. The number of para-hydroxylation sites is 1. The second kappa shape index (κ2) is 9.37. The van der Waals surface area contributed by atoms with E-state index < -0.39 is 0 Å². The number of rotatable bonds is 8. The molecule has 2 aromatic carbocycles. The molecule has 0 saturated heterocycles. The van der Waals surface area contributed by atoms with Gasteiger partial charge >= 0.3 is 0 Å². The summed E-state index contributed by atoms with van der Waals surface area (Å²) in [6, 6.07) is 20.1. The number of aromatic nitrogens is 3. The van der Waals surface area contributed by atoms with E-state index in [0.717, 1.165) is 29.9 Å². The first-order valence-electron chi connectivity index (χ1n) is 9.17. The Morgan fingerprint density at radius 2 is 1.74 bits per heavy atom. The lowest BCUT2D eigenvalue weighted by atomic mass is 10.2. The van der Waals surface area contributed by atoms with Crippen molar-refractivity contribution in [2.75, 3.05) is 5.75 Å². The van der Waals surface area contributed by atoms with E-state index >= 15 is 0 Å². The lowest BCUT2D eigenvalue weighted by molar-refractivity contribution is -0.119. The van der Waals surface area contributed by atoms with Gasteiger partial charge < -0.3 is 5.32 Å². The number of benzene rings is 2. The molecule has 0 fully saturated rings. The standard InChI is InChI=1S/C21H24N4OS/c1-3-10-16(2)22-19(26)15-27-21-24-23-20(17-11-6-4-7-12-17)25(21)18-13-8-5-9-14-18/h4-9,11-14,16H,3,10,15H2,1-2H3,(H,22,26). The molecule has 1 amide bonds. The third-order valence-electron chi connectivity index (χ3n) is 4.14. The zero-order valence-corrected chi connectivity index (χ0v) is 16.4. The second-order valence-corrected chi connectivity index (χ2v) is 7.33. The number of carbonyl (C=O) groups excluding carboxylic acids is 1. The van der Waals surface area contributed by atoms with Crippen molar-refractivity contribution in [1.29, 1.82) is 0 Å². The summed E-state index contributed by atoms with van der Waals surface area (Å²) >= 11 is 1.40. The largest absolute Gasteiger partial charge is 0.353 e. The van der Waals surface area contributed by atoms with E-state index in [4.69, 9.17) is 0 Å². The molecular formula is C21H24N4OS. The van der Waals surface area contributed by atoms with Crippen LogP contribution in [-0.2, 0) is 4.79 Å². The van der Waals surface area contributed by atoms with Gasteiger partial charge in [0.15, 0.2) is 11.0 Å². The van der Waals surface area contributed by atoms with Crippen LogP contribution in [0.1, 0.15) is 26.7 Å². The van der Waals surface area contributed by atoms with Crippen LogP contribution in [0.2, 0.25) is 0 Å². The molecule has 140 valence electrons. The normalized spacial score (nSPS) is 11.9. The summed E-state index contributed by atoms with van der Waals surface area (Å²) < 4.78 is 2.00. The highest BCUT2D eigenvalue weighted by molar-refractivity contribution is 7.99. The van der Waals surface area contributed by atoms with Crippen molar-refractivity contribution in [3.63, 3.8) is 0 Å². The van der Waals surface area contributed by atoms with Gasteiger partial charge in [-0.05, 0) is 25.5 Å². The van der Waals surface area contributed by atoms with Gasteiger partial charge in [-0.2, -0.15) is 0 Å². The number of nitrogens with zero attached hydrogens (tertiary/aromatic N) is 3. The van der Waals surface area contributed by atoms with Crippen molar-refractivity contribution in [2.24, 2.45) is 0 Å². The van der Waals surface area contributed by atoms with E-state index in [1.54, 1.807) is 0 Å². The SMILES string of the molecule is CCCC(C)NC(=O)CSc1nnc(-c2ccccc2)n1-c1ccccc1. The smallest absolute Gasteiger partial charge is 0.230 e. The molecule has 0 spiro atoms. The van der Waals surface area contributed by atoms with E-state index in [0.29, 0.717) is 10.9 Å². The lowest BCUT2D eigenvalue weighted by Gasteiger charge is -2.13. The van der Waals surface area contributed by atoms with Gasteiger partial charge in [0, 0.05) is 17.3 Å². The van der Waals surface area contributed by atoms with E-state index in [1.165, 1.54) is 11.8 Å². The van der Waals surface area contributed by atoms with Gasteiger partial charge in [0.2, 0.25) is 5.91 Å². The predicted octanol–water partition coefficient (Wildman–Crippen LogP) is 4.33. The Morgan fingerprint density at radius 1 is 1.07 bits per heavy atom. The van der Waals surface area contributed by atoms with Crippen LogP contribution in [0.15, 0.2) is 65.8 Å². The molecular weight excluding hydrogens is 356 g/mol. The number of hydrogen-bond acceptors (Lipinski definition) is 4. The molecule has 0 bridgehead atoms. The molecule has 1 heterocycles. The van der Waals surface area contributed by atoms with E-state index in [1.807, 2.05) is 72.2 Å². The maximum absolute atomic E-state index is 12.2. The summed E-state index contributed by atoms with van der Waals surface area (Å²) in [5.74, 6) is 1.10. The molecule has 1 aromatic heterocycles. The third-order valence-corrected chi connectivity index (χ3v) is 5.07. The number of thioether (sulfide) groups is 1. The molecule has 5 nitrogen and oxygen atoms in total. The van der Waals surface area contributed by atoms with Crippen LogP contribution in [0.25, 0.3) is 17.1 Å². The van der Waals surface area contributed by atoms with Crippen LogP contribution in [0.3, 0.4) is 0 Å². The summed E-state index contributed by atoms with van der Waals surface area (Å²) in [5.41, 5.74) is 1.96. The quantitative estimate of drug-likeness (QED) is 0.591. The van der Waals surface area contributed by atoms with Crippen molar-refractivity contribution < 1.29 is 4.79 Å². The molecule has 1 unspecified atom stereocenters. The highest BCUT2D eigenvalue weighted by atomic mass is 32.2. The van der Waals surface area contributed by atoms with Crippen LogP contribution in [0.4, 0.5) is 0 Å². The zero-order valence-electron chi connectivity index (χ0n) is 15.6. The maximum Gasteiger partial charge on any atom is 0.230 e. The predicted molar refractivity (Wildman–Crippen MR) is 110 cm³/mol. The topological polar surface area (TPSA) is 59.8 Å². The van der Waals surface area contributed by atoms with Crippen molar-refractivity contribution in [2.45, 2.75) is 37.9 Å². The van der Waals surface area contributed by atoms with Crippen molar-refractivity contribution >= 4 is 17.7 Å². The van der Waals surface area contributed by atoms with Gasteiger partial charge in [-0.25, -0.2) is 0 Å². The Balaban J connectivity index is 1.83. The first-order valence-corrected chi connectivity index (χ1v) is 10.2. The Hall–Kier alpha value is -2.60. The van der Waals surface area contributed by atoms with Crippen molar-refractivity contribution in [3.05, 3.63) is 60.7 Å². The molecule has 0 radical (unpaired) electrons. The minimum atomic E-state index is 0.0184. The van der Waals surface area contributed by atoms with Gasteiger partial charge in [0.25, 0.3) is 0 Å². The number of nitrogens with one attached hydrogen (secondary N) is 1. The van der Waals surface area contributed by atoms with Gasteiger partial charge in [0.05, 0.1) is 5.75 Å². The van der Waals surface area contributed by atoms with Gasteiger partial charge in [-0.1, -0.05) is 73.6 Å². The Morgan fingerprint density at radius 3 is 2.41 bits per heavy atom. The van der Waals surface area contributed by atoms with E-state index in [-0.39, 0.29) is 11.9 Å². The Kier molecular flexibility index (Phi) is 6.65. The molecule has 1 N–H and O–H groups in total. The minimum Gasteiger partial charge on any atom is -0.353 e. The molecule has 3 rings (SSSR count). The van der Waals surface area contributed by atoms with Gasteiger partial charge in [-0.3, -0.25) is 9.36 Å². The fourth-order valence-corrected chi connectivity index (χ4v) is 3.66. The lowest BCUT2D eigenvalue weighted by Crippen LogP contribution is -2.33. The summed E-state index contributed by atoms with van der Waals surface area (Å²) in [7, 11) is 0. The number of hydrogen-bond donors (Lipinski definition) is 1. The van der Waals surface area contributed by atoms with E-state index in [9.17, 15) is 4.79 Å². The van der Waals surface area contributed by atoms with Gasteiger partial charge in [-0.15, -0.1) is 10.2 Å². The minimum absolute atomic E-state index is 0.0184. The van der Waals surface area contributed by atoms with Crippen LogP contribution in [0, 0.1) is 0 Å². The molecule has 0 aliphatic carbocycles. The van der Waals surface area contributed by atoms with Gasteiger partial charge in [0.1, 0.15) is 0 Å². The maximum atomic E-state index is 12.2. The van der Waals surface area contributed by atoms with Crippen LogP contribution in [0.5, 0.6) is 0 Å². The average Bonchev–Trinajstić information content (AvgIpc) is 3.12. The van der Waals surface area contributed by atoms with Crippen LogP contribution in [-0.4, -0.2) is 32.5 Å². The van der Waals surface area contributed by atoms with Crippen molar-refractivity contribution in [1.82, 2.24) is 20.1 Å². The summed E-state index contributed by atoms with van der Waals surface area (Å²) in [6.07, 6.45) is 2.03. The highest BCUT2D eigenvalue weighted by Gasteiger charge is 2.17. The van der Waals surface area contributed by atoms with Crippen molar-refractivity contribution in [3.8, 4) is 17.1 Å². The fourth-order valence-electron chi connectivity index (χ4n) is 2.90. The summed E-state index contributed by atoms with van der Waals surface area (Å²) in [6.45, 7) is 4.15. The molecule has 6 heteroatoms. The number of carbonyl (C=O) groups is 1. The second-order valence-electron chi connectivity index (χ2n) is 6.39. The molecule has 0 saturated carbocycles. The molecule has 1 atom stereocenters. The van der Waals surface area contributed by atoms with E-state index in [2.05, 4.69) is 22.4 Å². The summed E-state index contributed by atoms with van der Waals surface area (Å²) in [5, 5.41) is 12.5. The highest BCUT2D eigenvalue weighted by Crippen LogP contribution is 2.27. The zero-order chi connectivity index (χ0) is 19.1. The summed E-state index contributed by atoms with van der Waals surface area (Å²) in [4.78, 5) is 12.2. The fraction of sp³-hybridized carbons (Fsp3) is 0.286. The Labute approximate surface area is 164 Å². The molecule has 3 aromatic rings. The third kappa shape index (κ3) is 4.98. The molecule has 27 heavy (non-hydrogen) atoms. The monoisotopic (exact) mass is 380 g/mol. The first kappa shape index (κ1) is 19.2. The van der Waals surface area contributed by atoms with Crippen LogP contribution >= 0.6 is 11.8 Å². The molecule has 0 aliphatic rings. The van der Waals surface area contributed by atoms with Crippen LogP contribution < -0.4 is 5.32 Å². The first-order chi connectivity index (χ1) is 13.2.